The average molecular weight is 344 g/mol. The third-order valence-corrected chi connectivity index (χ3v) is 9.53. The molecule has 22 heavy (non-hydrogen) atoms. The average Bonchev–Trinajstić information content (AvgIpc) is 2.47. The van der Waals surface area contributed by atoms with E-state index in [2.05, 4.69) is 0 Å². The van der Waals surface area contributed by atoms with E-state index in [1.165, 1.54) is 0 Å². The zero-order valence-corrected chi connectivity index (χ0v) is 14.8. The molecule has 124 valence electrons. The standard InChI is InChI=1S/C16H24O4S2/c1-3-15(17)13-21(11-5-4-6-12-21)20-22(18,19)16-9-7-14(2)8-10-16/h7-10H,3-6,11-13H2,1-2H3. The number of benzene rings is 1. The first-order valence-electron chi connectivity index (χ1n) is 7.68. The van der Waals surface area contributed by atoms with Gasteiger partial charge in [0.2, 0.25) is 0 Å². The van der Waals surface area contributed by atoms with Crippen LogP contribution < -0.4 is 0 Å². The number of rotatable bonds is 6. The van der Waals surface area contributed by atoms with Gasteiger partial charge in [0.1, 0.15) is 5.78 Å². The largest absolute Gasteiger partial charge is 0.306 e. The Kier molecular flexibility index (Phi) is 5.69. The number of hydrogen-bond acceptors (Lipinski definition) is 4. The summed E-state index contributed by atoms with van der Waals surface area (Å²) in [5.74, 6) is 1.79. The predicted octanol–water partition coefficient (Wildman–Crippen LogP) is 3.58. The molecule has 4 nitrogen and oxygen atoms in total. The second-order valence-corrected chi connectivity index (χ2v) is 10.8. The molecule has 1 aliphatic heterocycles. The lowest BCUT2D eigenvalue weighted by Gasteiger charge is -2.40. The molecule has 1 aromatic carbocycles. The minimum Gasteiger partial charge on any atom is -0.299 e. The Hall–Kier alpha value is -0.850. The van der Waals surface area contributed by atoms with Crippen LogP contribution in [-0.4, -0.2) is 31.5 Å². The number of aryl methyl sites for hydroxylation is 1. The summed E-state index contributed by atoms with van der Waals surface area (Å²) in [6.45, 7) is 3.72. The van der Waals surface area contributed by atoms with E-state index in [-0.39, 0.29) is 16.4 Å². The van der Waals surface area contributed by atoms with Gasteiger partial charge in [-0.15, -0.1) is 10.3 Å². The number of ketones is 1. The van der Waals surface area contributed by atoms with Gasteiger partial charge >= 0.3 is 10.1 Å². The Morgan fingerprint density at radius 3 is 2.27 bits per heavy atom. The van der Waals surface area contributed by atoms with E-state index >= 15 is 0 Å². The van der Waals surface area contributed by atoms with E-state index in [9.17, 15) is 13.2 Å². The first-order valence-corrected chi connectivity index (χ1v) is 11.2. The van der Waals surface area contributed by atoms with Gasteiger partial charge in [0.05, 0.1) is 10.6 Å². The molecule has 0 N–H and O–H groups in total. The van der Waals surface area contributed by atoms with Crippen LogP contribution in [0.25, 0.3) is 0 Å². The Morgan fingerprint density at radius 2 is 1.73 bits per heavy atom. The van der Waals surface area contributed by atoms with Crippen molar-refractivity contribution in [2.45, 2.75) is 44.4 Å². The molecule has 1 saturated heterocycles. The Morgan fingerprint density at radius 1 is 1.14 bits per heavy atom. The van der Waals surface area contributed by atoms with Crippen molar-refractivity contribution >= 4 is 26.2 Å². The van der Waals surface area contributed by atoms with Crippen molar-refractivity contribution in [3.8, 4) is 0 Å². The van der Waals surface area contributed by atoms with Gasteiger partial charge in [0, 0.05) is 17.9 Å². The van der Waals surface area contributed by atoms with Gasteiger partial charge in [-0.3, -0.25) is 4.79 Å². The summed E-state index contributed by atoms with van der Waals surface area (Å²) in [6, 6.07) is 6.66. The molecule has 0 radical (unpaired) electrons. The zero-order valence-electron chi connectivity index (χ0n) is 13.2. The summed E-state index contributed by atoms with van der Waals surface area (Å²) >= 11 is 0. The topological polar surface area (TPSA) is 60.4 Å². The second kappa shape index (κ2) is 7.15. The summed E-state index contributed by atoms with van der Waals surface area (Å²) in [5.41, 5.74) is 1.000. The molecule has 1 aliphatic rings. The maximum Gasteiger partial charge on any atom is 0.306 e. The maximum atomic E-state index is 12.6. The van der Waals surface area contributed by atoms with E-state index in [1.54, 1.807) is 24.3 Å². The Labute approximate surface area is 134 Å². The van der Waals surface area contributed by atoms with Crippen molar-refractivity contribution in [3.63, 3.8) is 0 Å². The highest BCUT2D eigenvalue weighted by Crippen LogP contribution is 2.55. The van der Waals surface area contributed by atoms with Gasteiger partial charge in [-0.05, 0) is 31.9 Å². The molecular weight excluding hydrogens is 320 g/mol. The molecule has 0 unspecified atom stereocenters. The fourth-order valence-corrected chi connectivity index (χ4v) is 8.36. The SMILES string of the molecule is CCC(=O)CS1(OS(=O)(=O)c2ccc(C)cc2)CCCCC1. The summed E-state index contributed by atoms with van der Waals surface area (Å²) < 4.78 is 30.8. The Balaban J connectivity index is 2.25. The van der Waals surface area contributed by atoms with E-state index in [1.807, 2.05) is 13.8 Å². The first-order chi connectivity index (χ1) is 10.4. The smallest absolute Gasteiger partial charge is 0.299 e. The molecule has 6 heteroatoms. The molecule has 0 atom stereocenters. The van der Waals surface area contributed by atoms with E-state index in [0.717, 1.165) is 24.8 Å². The highest BCUT2D eigenvalue weighted by molar-refractivity contribution is 8.33. The van der Waals surface area contributed by atoms with Crippen molar-refractivity contribution in [2.24, 2.45) is 0 Å². The third-order valence-electron chi connectivity index (χ3n) is 3.89. The minimum atomic E-state index is -3.80. The van der Waals surface area contributed by atoms with Crippen LogP contribution in [0.3, 0.4) is 0 Å². The second-order valence-electron chi connectivity index (χ2n) is 5.81. The van der Waals surface area contributed by atoms with Crippen LogP contribution in [0, 0.1) is 6.92 Å². The normalized spacial score (nSPS) is 19.5. The molecule has 2 rings (SSSR count). The van der Waals surface area contributed by atoms with Crippen LogP contribution >= 0.6 is 10.3 Å². The minimum absolute atomic E-state index is 0.0935. The molecule has 0 aromatic heterocycles. The van der Waals surface area contributed by atoms with Crippen molar-refractivity contribution in [1.29, 1.82) is 0 Å². The predicted molar refractivity (Wildman–Crippen MR) is 90.8 cm³/mol. The molecule has 1 heterocycles. The van der Waals surface area contributed by atoms with Crippen molar-refractivity contribution in [1.82, 2.24) is 0 Å². The van der Waals surface area contributed by atoms with Crippen LogP contribution in [0.15, 0.2) is 29.2 Å². The van der Waals surface area contributed by atoms with Crippen LogP contribution in [-0.2, 0) is 18.5 Å². The van der Waals surface area contributed by atoms with E-state index in [0.29, 0.717) is 17.9 Å². The lowest BCUT2D eigenvalue weighted by atomic mass is 10.2. The third kappa shape index (κ3) is 4.33. The molecule has 0 amide bonds. The van der Waals surface area contributed by atoms with E-state index < -0.39 is 20.4 Å². The van der Waals surface area contributed by atoms with Crippen molar-refractivity contribution in [3.05, 3.63) is 29.8 Å². The molecule has 0 bridgehead atoms. The van der Waals surface area contributed by atoms with Crippen LogP contribution in [0.2, 0.25) is 0 Å². The fraction of sp³-hybridized carbons (Fsp3) is 0.562. The van der Waals surface area contributed by atoms with Gasteiger partial charge < -0.3 is 0 Å². The summed E-state index contributed by atoms with van der Waals surface area (Å²) in [6.07, 6.45) is 3.40. The lowest BCUT2D eigenvalue weighted by Crippen LogP contribution is -2.27. The van der Waals surface area contributed by atoms with Gasteiger partial charge in [0.15, 0.2) is 0 Å². The number of hydrogen-bond donors (Lipinski definition) is 0. The first kappa shape index (κ1) is 17.5. The van der Waals surface area contributed by atoms with Crippen LogP contribution in [0.5, 0.6) is 0 Å². The molecule has 1 fully saturated rings. The van der Waals surface area contributed by atoms with Gasteiger partial charge in [-0.1, -0.05) is 31.0 Å². The zero-order chi connectivity index (χ0) is 16.2. The van der Waals surface area contributed by atoms with Gasteiger partial charge in [-0.2, -0.15) is 8.42 Å². The highest BCUT2D eigenvalue weighted by Gasteiger charge is 2.35. The molecular formula is C16H24O4S2. The van der Waals surface area contributed by atoms with Crippen molar-refractivity contribution in [2.75, 3.05) is 17.3 Å². The molecule has 0 aliphatic carbocycles. The molecule has 0 spiro atoms. The quantitative estimate of drug-likeness (QED) is 0.791. The van der Waals surface area contributed by atoms with E-state index in [4.69, 9.17) is 3.63 Å². The number of carbonyl (C=O) groups excluding carboxylic acids is 1. The fourth-order valence-electron chi connectivity index (χ4n) is 2.58. The summed E-state index contributed by atoms with van der Waals surface area (Å²) in [7, 11) is -5.67. The Bertz CT molecular complexity index is 614. The number of carbonyl (C=O) groups is 1. The van der Waals surface area contributed by atoms with Gasteiger partial charge in [0.25, 0.3) is 0 Å². The van der Waals surface area contributed by atoms with Crippen LogP contribution in [0.1, 0.15) is 38.2 Å². The lowest BCUT2D eigenvalue weighted by molar-refractivity contribution is -0.116. The molecule has 0 saturated carbocycles. The maximum absolute atomic E-state index is 12.6. The number of Topliss-reactive ketones (excluding diaryl/α,β-unsaturated/α-hetero) is 1. The van der Waals surface area contributed by atoms with Crippen molar-refractivity contribution < 1.29 is 16.8 Å². The van der Waals surface area contributed by atoms with Gasteiger partial charge in [-0.25, -0.2) is 3.63 Å². The summed E-state index contributed by atoms with van der Waals surface area (Å²) in [5, 5.41) is 0. The highest BCUT2D eigenvalue weighted by atomic mass is 32.3. The van der Waals surface area contributed by atoms with Crippen LogP contribution in [0.4, 0.5) is 0 Å². The summed E-state index contributed by atoms with van der Waals surface area (Å²) in [4.78, 5) is 12.1. The molecule has 1 aromatic rings. The monoisotopic (exact) mass is 344 g/mol.